The molecule has 87 heavy (non-hydrogen) atoms. The molecule has 0 aromatic heterocycles. The average Bonchev–Trinajstić information content (AvgIpc) is 1.25. The van der Waals surface area contributed by atoms with Gasteiger partial charge in [0.15, 0.2) is 0 Å². The molecule has 0 radical (unpaired) electrons. The molecule has 12 bridgehead atoms. The van der Waals surface area contributed by atoms with Gasteiger partial charge in [-0.05, 0) is 149 Å². The van der Waals surface area contributed by atoms with E-state index in [1.54, 1.807) is 0 Å². The molecule has 0 saturated heterocycles. The molecule has 2 heterocycles. The number of azide groups is 1. The molecular formula is C78H97N3O6. The van der Waals surface area contributed by atoms with Crippen LogP contribution >= 0.6 is 0 Å². The summed E-state index contributed by atoms with van der Waals surface area (Å²) in [5.41, 5.74) is 30.9. The van der Waals surface area contributed by atoms with Crippen molar-refractivity contribution in [1.82, 2.24) is 0 Å². The minimum Gasteiger partial charge on any atom is -0.496 e. The van der Waals surface area contributed by atoms with Gasteiger partial charge in [0.2, 0.25) is 0 Å². The molecule has 2 aliphatic heterocycles. The largest absolute Gasteiger partial charge is 0.496 e. The molecule has 9 rings (SSSR count). The maximum atomic E-state index is 10.5. The van der Waals surface area contributed by atoms with E-state index < -0.39 is 0 Å². The smallest absolute Gasteiger partial charge is 0.126 e. The first-order valence-corrected chi connectivity index (χ1v) is 31.2. The second-order valence-corrected chi connectivity index (χ2v) is 30.8. The van der Waals surface area contributed by atoms with Crippen LogP contribution in [-0.4, -0.2) is 28.4 Å². The third kappa shape index (κ3) is 13.7. The highest BCUT2D eigenvalue weighted by molar-refractivity contribution is 5.62. The van der Waals surface area contributed by atoms with Gasteiger partial charge in [0.05, 0.1) is 34.1 Å². The molecule has 0 saturated carbocycles. The fourth-order valence-corrected chi connectivity index (χ4v) is 12.7. The molecule has 9 nitrogen and oxygen atoms in total. The number of hydrogen-bond donors (Lipinski definition) is 0. The van der Waals surface area contributed by atoms with Crippen LogP contribution in [0.3, 0.4) is 0 Å². The zero-order valence-corrected chi connectivity index (χ0v) is 56.6. The second kappa shape index (κ2) is 24.0. The third-order valence-corrected chi connectivity index (χ3v) is 17.8. The molecule has 0 aliphatic carbocycles. The van der Waals surface area contributed by atoms with Gasteiger partial charge in [-0.2, -0.15) is 0 Å². The van der Waals surface area contributed by atoms with Crippen LogP contribution in [0.2, 0.25) is 0 Å². The van der Waals surface area contributed by atoms with Crippen LogP contribution in [0.1, 0.15) is 236 Å². The van der Waals surface area contributed by atoms with Crippen molar-refractivity contribution in [2.24, 2.45) is 5.11 Å². The number of ether oxygens (including phenoxy) is 6. The molecular weight excluding hydrogens is 1070 g/mol. The van der Waals surface area contributed by atoms with Crippen molar-refractivity contribution in [1.29, 1.82) is 0 Å². The third-order valence-electron chi connectivity index (χ3n) is 17.8. The fourth-order valence-electron chi connectivity index (χ4n) is 12.7. The molecule has 0 fully saturated rings. The van der Waals surface area contributed by atoms with Crippen molar-refractivity contribution >= 4 is 5.69 Å². The van der Waals surface area contributed by atoms with E-state index in [4.69, 9.17) is 28.4 Å². The van der Waals surface area contributed by atoms with E-state index in [1.165, 1.54) is 33.4 Å². The number of fused-ring (bicyclic) bond motifs is 10. The lowest BCUT2D eigenvalue weighted by molar-refractivity contribution is 0.294. The lowest BCUT2D eigenvalue weighted by Crippen LogP contribution is -2.17. The van der Waals surface area contributed by atoms with E-state index in [0.717, 1.165) is 112 Å². The Balaban J connectivity index is 1.52. The van der Waals surface area contributed by atoms with Crippen molar-refractivity contribution < 1.29 is 28.4 Å². The van der Waals surface area contributed by atoms with E-state index in [2.05, 4.69) is 207 Å². The summed E-state index contributed by atoms with van der Waals surface area (Å²) in [6.45, 7) is 41.4. The predicted octanol–water partition coefficient (Wildman–Crippen LogP) is 19.8. The van der Waals surface area contributed by atoms with Crippen molar-refractivity contribution in [2.75, 3.05) is 28.4 Å². The van der Waals surface area contributed by atoms with Gasteiger partial charge in [-0.3, -0.25) is 0 Å². The first-order chi connectivity index (χ1) is 40.6. The van der Waals surface area contributed by atoms with Gasteiger partial charge in [-0.25, -0.2) is 0 Å². The van der Waals surface area contributed by atoms with Crippen molar-refractivity contribution in [3.63, 3.8) is 0 Å². The first kappa shape index (κ1) is 64.1. The zero-order chi connectivity index (χ0) is 63.5. The maximum Gasteiger partial charge on any atom is 0.126 e. The highest BCUT2D eigenvalue weighted by atomic mass is 16.5. The normalized spacial score (nSPS) is 14.1. The number of methoxy groups -OCH3 is 4. The summed E-state index contributed by atoms with van der Waals surface area (Å²) in [5, 5.41) is 4.49. The summed E-state index contributed by atoms with van der Waals surface area (Å²) in [5.74, 6) is 4.85. The van der Waals surface area contributed by atoms with Crippen LogP contribution in [0.5, 0.6) is 34.5 Å². The highest BCUT2D eigenvalue weighted by Crippen LogP contribution is 2.47. The quantitative estimate of drug-likeness (QED) is 0.0966. The summed E-state index contributed by atoms with van der Waals surface area (Å²) in [6.07, 6.45) is 3.12. The Hall–Kier alpha value is -7.35. The van der Waals surface area contributed by atoms with E-state index in [-0.39, 0.29) is 45.7 Å². The lowest BCUT2D eigenvalue weighted by Gasteiger charge is -2.29. The van der Waals surface area contributed by atoms with Gasteiger partial charge in [0.1, 0.15) is 47.7 Å². The van der Waals surface area contributed by atoms with Crippen LogP contribution in [0.25, 0.3) is 10.4 Å². The molecule has 7 aromatic rings. The van der Waals surface area contributed by atoms with Crippen LogP contribution in [0.15, 0.2) is 96.1 Å². The summed E-state index contributed by atoms with van der Waals surface area (Å²) in [4.78, 5) is 3.48. The minimum absolute atomic E-state index is 0.123. The molecule has 2 aliphatic rings. The van der Waals surface area contributed by atoms with Crippen LogP contribution in [0, 0.1) is 0 Å². The Labute approximate surface area is 521 Å². The molecule has 0 spiro atoms. The van der Waals surface area contributed by atoms with Crippen LogP contribution in [-0.2, 0) is 84.2 Å². The molecule has 9 heteroatoms. The Morgan fingerprint density at radius 1 is 0.322 bits per heavy atom. The molecule has 0 N–H and O–H groups in total. The Bertz CT molecular complexity index is 3390. The predicted molar refractivity (Wildman–Crippen MR) is 358 cm³/mol. The van der Waals surface area contributed by atoms with E-state index >= 15 is 0 Å². The summed E-state index contributed by atoms with van der Waals surface area (Å²) < 4.78 is 41.9. The Kier molecular flexibility index (Phi) is 17.7. The number of benzene rings is 7. The van der Waals surface area contributed by atoms with E-state index in [9.17, 15) is 5.53 Å². The van der Waals surface area contributed by atoms with Gasteiger partial charge in [0.25, 0.3) is 0 Å². The summed E-state index contributed by atoms with van der Waals surface area (Å²) in [6, 6.07) is 34.2. The Morgan fingerprint density at radius 2 is 0.517 bits per heavy atom. The molecule has 460 valence electrons. The zero-order valence-electron chi connectivity index (χ0n) is 56.6. The number of nitrogens with zero attached hydrogens (tertiary/aromatic N) is 3. The van der Waals surface area contributed by atoms with E-state index in [0.29, 0.717) is 44.2 Å². The summed E-state index contributed by atoms with van der Waals surface area (Å²) >= 11 is 0. The van der Waals surface area contributed by atoms with E-state index in [1.807, 2.05) is 46.6 Å². The molecule has 0 amide bonds. The number of hydrogen-bond acceptors (Lipinski definition) is 7. The van der Waals surface area contributed by atoms with Gasteiger partial charge in [0, 0.05) is 43.4 Å². The molecule has 0 unspecified atom stereocenters. The van der Waals surface area contributed by atoms with Gasteiger partial charge < -0.3 is 28.4 Å². The SMILES string of the molecule is COc1c2cc(C(C)(C)C)cc1Cc1cc(C(C)(C)C)cc3c1OCc1cccc(c1N=[N+]=[N-])COc1c(cc(C(C)(C)C)cc1Cc1cc(C(C)(C)C)cc(c1OC)Cc1cc(C(C)(C)C)cc(c1OC)C3)Cc1cc(C(C)(C)C)cc(c1OC)C2. The second-order valence-electron chi connectivity index (χ2n) is 30.8. The van der Waals surface area contributed by atoms with Crippen LogP contribution in [0.4, 0.5) is 5.69 Å². The standard InChI is InChI=1S/C78H97N3O6/c1-73(2,3)60-32-48-26-49-33-61(74(4,5)6)37-53(68(49)83-20)29-58-42-65(78(16,17)18)43-59-31-55-39-63(76(10,11)12)35-51(70(55)85-22)27-50-34-62(75(7,8)9)38-54(69(50)84-21)30-57-41-64(77(13,14)15)40-56(28-52(36-60)67(48)82-19)71(57)86-44-46-24-23-25-47(45-87-72(58)59)66(46)80-81-79/h23-25,32-43H,26-31,44-45H2,1-22H3. The monoisotopic (exact) mass is 1170 g/mol. The van der Waals surface area contributed by atoms with Crippen molar-refractivity contribution in [3.8, 4) is 34.5 Å². The topological polar surface area (TPSA) is 104 Å². The van der Waals surface area contributed by atoms with Gasteiger partial charge in [-0.15, -0.1) is 0 Å². The van der Waals surface area contributed by atoms with Crippen molar-refractivity contribution in [2.45, 2.75) is 209 Å². The van der Waals surface area contributed by atoms with Crippen molar-refractivity contribution in [3.05, 3.63) is 213 Å². The average molecular weight is 1170 g/mol. The highest BCUT2D eigenvalue weighted by Gasteiger charge is 2.32. The lowest BCUT2D eigenvalue weighted by atomic mass is 9.79. The Morgan fingerprint density at radius 3 is 0.701 bits per heavy atom. The van der Waals surface area contributed by atoms with Gasteiger partial charge >= 0.3 is 0 Å². The number of rotatable bonds is 5. The summed E-state index contributed by atoms with van der Waals surface area (Å²) in [7, 11) is 7.23. The van der Waals surface area contributed by atoms with Crippen LogP contribution < -0.4 is 28.4 Å². The fraction of sp³-hybridized carbons (Fsp3) is 0.462. The minimum atomic E-state index is -0.253. The van der Waals surface area contributed by atoms with Gasteiger partial charge in [-0.1, -0.05) is 221 Å². The first-order valence-electron chi connectivity index (χ1n) is 31.2. The maximum absolute atomic E-state index is 10.5. The molecule has 0 atom stereocenters. The molecule has 7 aromatic carbocycles.